The van der Waals surface area contributed by atoms with Crippen LogP contribution < -0.4 is 10.2 Å². The molecule has 2 aromatic rings. The summed E-state index contributed by atoms with van der Waals surface area (Å²) in [6, 6.07) is 10.3. The van der Waals surface area contributed by atoms with Gasteiger partial charge in [-0.3, -0.25) is 4.79 Å². The van der Waals surface area contributed by atoms with Crippen molar-refractivity contribution in [3.8, 4) is 0 Å². The number of nitrogens with one attached hydrogen (secondary N) is 1. The number of carbonyl (C=O) groups is 1. The van der Waals surface area contributed by atoms with Crippen LogP contribution in [0.5, 0.6) is 0 Å². The number of hydrogen-bond donors (Lipinski definition) is 1. The fraction of sp³-hybridized carbons (Fsp3) is 0.333. The average molecular weight is 360 g/mol. The second-order valence-corrected chi connectivity index (χ2v) is 7.50. The predicted octanol–water partition coefficient (Wildman–Crippen LogP) is 3.70. The highest BCUT2D eigenvalue weighted by atomic mass is 32.1. The van der Waals surface area contributed by atoms with Crippen molar-refractivity contribution in [2.75, 3.05) is 36.4 Å². The summed E-state index contributed by atoms with van der Waals surface area (Å²) in [5.74, 6) is 0. The standard InChI is InChI=1S/C18H21N3OS2/c1-13-3-4-14(2)16(11-13)19-18(23)21-9-7-20(8-10-21)17-6-5-15(12-22)24-17/h3-6,11-12H,7-10H2,1-2H3,(H,19,23). The molecule has 24 heavy (non-hydrogen) atoms. The second kappa shape index (κ2) is 7.32. The van der Waals surface area contributed by atoms with Gasteiger partial charge in [-0.15, -0.1) is 11.3 Å². The minimum atomic E-state index is 0.777. The van der Waals surface area contributed by atoms with E-state index in [-0.39, 0.29) is 0 Å². The lowest BCUT2D eigenvalue weighted by atomic mass is 10.1. The fourth-order valence-electron chi connectivity index (χ4n) is 2.77. The number of nitrogens with zero attached hydrogens (tertiary/aromatic N) is 2. The van der Waals surface area contributed by atoms with Gasteiger partial charge >= 0.3 is 0 Å². The number of carbonyl (C=O) groups excluding carboxylic acids is 1. The summed E-state index contributed by atoms with van der Waals surface area (Å²) in [6.07, 6.45) is 0.910. The largest absolute Gasteiger partial charge is 0.360 e. The van der Waals surface area contributed by atoms with Crippen LogP contribution in [0.2, 0.25) is 0 Å². The Hall–Kier alpha value is -1.92. The third kappa shape index (κ3) is 3.76. The van der Waals surface area contributed by atoms with Crippen molar-refractivity contribution in [1.29, 1.82) is 0 Å². The molecule has 3 rings (SSSR count). The molecule has 0 atom stereocenters. The molecule has 2 heterocycles. The number of benzene rings is 1. The quantitative estimate of drug-likeness (QED) is 0.668. The predicted molar refractivity (Wildman–Crippen MR) is 106 cm³/mol. The molecule has 0 radical (unpaired) electrons. The summed E-state index contributed by atoms with van der Waals surface area (Å²) >= 11 is 7.14. The number of piperazine rings is 1. The summed E-state index contributed by atoms with van der Waals surface area (Å²) in [4.78, 5) is 16.1. The molecule has 1 aromatic heterocycles. The summed E-state index contributed by atoms with van der Waals surface area (Å²) in [5, 5.41) is 5.32. The van der Waals surface area contributed by atoms with Gasteiger partial charge in [0.25, 0.3) is 0 Å². The van der Waals surface area contributed by atoms with Crippen LogP contribution in [0.15, 0.2) is 30.3 Å². The molecule has 0 spiro atoms. The summed E-state index contributed by atoms with van der Waals surface area (Å²) in [6.45, 7) is 7.75. The van der Waals surface area contributed by atoms with Crippen molar-refractivity contribution in [3.63, 3.8) is 0 Å². The molecule has 4 nitrogen and oxygen atoms in total. The molecule has 1 fully saturated rings. The van der Waals surface area contributed by atoms with Crippen molar-refractivity contribution in [2.45, 2.75) is 13.8 Å². The Morgan fingerprint density at radius 1 is 1.17 bits per heavy atom. The fourth-order valence-corrected chi connectivity index (χ4v) is 3.94. The Labute approximate surface area is 152 Å². The van der Waals surface area contributed by atoms with Gasteiger partial charge in [0.05, 0.1) is 9.88 Å². The first-order valence-electron chi connectivity index (χ1n) is 8.00. The Bertz CT molecular complexity index is 748. The molecule has 1 aromatic carbocycles. The van der Waals surface area contributed by atoms with E-state index in [0.717, 1.165) is 53.1 Å². The lowest BCUT2D eigenvalue weighted by Gasteiger charge is -2.36. The number of rotatable bonds is 3. The zero-order valence-corrected chi connectivity index (χ0v) is 15.5. The van der Waals surface area contributed by atoms with Crippen molar-refractivity contribution >= 4 is 45.6 Å². The highest BCUT2D eigenvalue weighted by Gasteiger charge is 2.20. The van der Waals surface area contributed by atoms with E-state index in [2.05, 4.69) is 47.2 Å². The maximum Gasteiger partial charge on any atom is 0.173 e. The Morgan fingerprint density at radius 2 is 1.92 bits per heavy atom. The highest BCUT2D eigenvalue weighted by molar-refractivity contribution is 7.80. The van der Waals surface area contributed by atoms with Gasteiger partial charge in [-0.25, -0.2) is 0 Å². The van der Waals surface area contributed by atoms with Crippen LogP contribution in [0, 0.1) is 13.8 Å². The van der Waals surface area contributed by atoms with E-state index in [9.17, 15) is 4.79 Å². The molecule has 1 N–H and O–H groups in total. The highest BCUT2D eigenvalue weighted by Crippen LogP contribution is 2.26. The molecule has 0 bridgehead atoms. The zero-order chi connectivity index (χ0) is 17.1. The Morgan fingerprint density at radius 3 is 2.58 bits per heavy atom. The van der Waals surface area contributed by atoms with Crippen LogP contribution in [0.1, 0.15) is 20.8 Å². The summed E-state index contributed by atoms with van der Waals surface area (Å²) < 4.78 is 0. The van der Waals surface area contributed by atoms with Crippen molar-refractivity contribution < 1.29 is 4.79 Å². The number of thiocarbonyl (C=S) groups is 1. The van der Waals surface area contributed by atoms with E-state index in [1.165, 1.54) is 11.1 Å². The third-order valence-corrected chi connectivity index (χ3v) is 5.67. The number of hydrogen-bond acceptors (Lipinski definition) is 4. The van der Waals surface area contributed by atoms with Crippen molar-refractivity contribution in [1.82, 2.24) is 4.90 Å². The molecule has 0 aliphatic carbocycles. The number of aryl methyl sites for hydroxylation is 2. The maximum absolute atomic E-state index is 10.8. The molecule has 1 aliphatic heterocycles. The summed E-state index contributed by atoms with van der Waals surface area (Å²) in [7, 11) is 0. The minimum Gasteiger partial charge on any atom is -0.360 e. The van der Waals surface area contributed by atoms with Crippen LogP contribution in [-0.2, 0) is 0 Å². The van der Waals surface area contributed by atoms with E-state index in [0.29, 0.717) is 0 Å². The first-order chi connectivity index (χ1) is 11.6. The van der Waals surface area contributed by atoms with Crippen LogP contribution in [0.3, 0.4) is 0 Å². The van der Waals surface area contributed by atoms with Crippen LogP contribution in [0.4, 0.5) is 10.7 Å². The van der Waals surface area contributed by atoms with Gasteiger partial charge in [0.15, 0.2) is 11.4 Å². The van der Waals surface area contributed by atoms with Gasteiger partial charge in [-0.05, 0) is 55.4 Å². The van der Waals surface area contributed by atoms with Gasteiger partial charge in [0.2, 0.25) is 0 Å². The lowest BCUT2D eigenvalue weighted by Crippen LogP contribution is -2.49. The Balaban J connectivity index is 1.58. The maximum atomic E-state index is 10.8. The SMILES string of the molecule is Cc1ccc(C)c(NC(=S)N2CCN(c3ccc(C=O)s3)CC2)c1. The average Bonchev–Trinajstić information content (AvgIpc) is 3.07. The molecule has 0 amide bonds. The number of thiophene rings is 1. The van der Waals surface area contributed by atoms with E-state index >= 15 is 0 Å². The van der Waals surface area contributed by atoms with Gasteiger partial charge in [-0.2, -0.15) is 0 Å². The first-order valence-corrected chi connectivity index (χ1v) is 9.22. The smallest absolute Gasteiger partial charge is 0.173 e. The molecule has 0 unspecified atom stereocenters. The van der Waals surface area contributed by atoms with E-state index in [1.807, 2.05) is 12.1 Å². The van der Waals surface area contributed by atoms with Crippen molar-refractivity contribution in [2.24, 2.45) is 0 Å². The van der Waals surface area contributed by atoms with Gasteiger partial charge in [0.1, 0.15) is 0 Å². The van der Waals surface area contributed by atoms with Crippen LogP contribution in [0.25, 0.3) is 0 Å². The zero-order valence-electron chi connectivity index (χ0n) is 13.9. The molecule has 6 heteroatoms. The lowest BCUT2D eigenvalue weighted by molar-refractivity contribution is 0.112. The van der Waals surface area contributed by atoms with Gasteiger partial charge in [-0.1, -0.05) is 12.1 Å². The van der Waals surface area contributed by atoms with E-state index in [4.69, 9.17) is 12.2 Å². The first kappa shape index (κ1) is 16.9. The molecule has 1 saturated heterocycles. The second-order valence-electron chi connectivity index (χ2n) is 6.02. The molecular weight excluding hydrogens is 338 g/mol. The topological polar surface area (TPSA) is 35.6 Å². The van der Waals surface area contributed by atoms with Crippen LogP contribution in [-0.4, -0.2) is 42.5 Å². The normalized spacial score (nSPS) is 14.6. The molecule has 126 valence electrons. The van der Waals surface area contributed by atoms with E-state index < -0.39 is 0 Å². The van der Waals surface area contributed by atoms with Crippen LogP contribution >= 0.6 is 23.6 Å². The Kier molecular flexibility index (Phi) is 5.16. The molecule has 0 saturated carbocycles. The third-order valence-electron chi connectivity index (χ3n) is 4.24. The monoisotopic (exact) mass is 359 g/mol. The number of anilines is 2. The van der Waals surface area contributed by atoms with Gasteiger partial charge < -0.3 is 15.1 Å². The molecular formula is C18H21N3OS2. The van der Waals surface area contributed by atoms with E-state index in [1.54, 1.807) is 11.3 Å². The molecule has 1 aliphatic rings. The summed E-state index contributed by atoms with van der Waals surface area (Å²) in [5.41, 5.74) is 3.50. The van der Waals surface area contributed by atoms with Crippen molar-refractivity contribution in [3.05, 3.63) is 46.3 Å². The minimum absolute atomic E-state index is 0.777. The number of aldehydes is 1. The van der Waals surface area contributed by atoms with Gasteiger partial charge in [0, 0.05) is 31.9 Å².